The molecule has 1 fully saturated rings. The topological polar surface area (TPSA) is 51.7 Å². The number of pyridine rings is 1. The summed E-state index contributed by atoms with van der Waals surface area (Å²) in [4.78, 5) is 18.9. The summed E-state index contributed by atoms with van der Waals surface area (Å²) in [7, 11) is 0. The Bertz CT molecular complexity index is 748. The van der Waals surface area contributed by atoms with Crippen LogP contribution in [0.5, 0.6) is 11.5 Å². The summed E-state index contributed by atoms with van der Waals surface area (Å²) in [5.41, 5.74) is 2.24. The van der Waals surface area contributed by atoms with E-state index in [2.05, 4.69) is 11.1 Å². The molecule has 0 saturated carbocycles. The molecular weight excluding hydrogens is 316 g/mol. The molecule has 1 aromatic heterocycles. The van der Waals surface area contributed by atoms with Gasteiger partial charge in [0.05, 0.1) is 6.04 Å². The normalized spacial score (nSPS) is 19.0. The summed E-state index contributed by atoms with van der Waals surface area (Å²) < 4.78 is 11.3. The van der Waals surface area contributed by atoms with Crippen molar-refractivity contribution in [1.82, 2.24) is 9.88 Å². The van der Waals surface area contributed by atoms with E-state index < -0.39 is 0 Å². The molecule has 1 amide bonds. The summed E-state index contributed by atoms with van der Waals surface area (Å²) in [6, 6.07) is 10.1. The molecule has 5 heteroatoms. The monoisotopic (exact) mass is 338 g/mol. The van der Waals surface area contributed by atoms with Crippen molar-refractivity contribution in [2.24, 2.45) is 0 Å². The van der Waals surface area contributed by atoms with Crippen LogP contribution in [0.25, 0.3) is 0 Å². The average molecular weight is 338 g/mol. The zero-order chi connectivity index (χ0) is 17.1. The van der Waals surface area contributed by atoms with Crippen LogP contribution in [-0.2, 0) is 11.2 Å². The van der Waals surface area contributed by atoms with Gasteiger partial charge in [-0.05, 0) is 48.6 Å². The number of aromatic nitrogens is 1. The fourth-order valence-electron chi connectivity index (χ4n) is 3.62. The van der Waals surface area contributed by atoms with Crippen molar-refractivity contribution >= 4 is 5.91 Å². The molecule has 1 unspecified atom stereocenters. The number of aryl methyl sites for hydroxylation is 1. The van der Waals surface area contributed by atoms with Gasteiger partial charge >= 0.3 is 0 Å². The van der Waals surface area contributed by atoms with Crippen LogP contribution in [0, 0.1) is 0 Å². The van der Waals surface area contributed by atoms with Crippen LogP contribution in [0.15, 0.2) is 42.7 Å². The molecule has 4 rings (SSSR count). The molecule has 0 aliphatic carbocycles. The molecule has 2 aliphatic rings. The third kappa shape index (κ3) is 3.45. The minimum absolute atomic E-state index is 0.136. The number of fused-ring (bicyclic) bond motifs is 1. The molecular formula is C20H22N2O3. The van der Waals surface area contributed by atoms with Gasteiger partial charge in [-0.2, -0.15) is 0 Å². The number of rotatable bonds is 4. The quantitative estimate of drug-likeness (QED) is 0.859. The molecule has 130 valence electrons. The molecule has 1 saturated heterocycles. The first kappa shape index (κ1) is 15.9. The Morgan fingerprint density at radius 3 is 2.92 bits per heavy atom. The standard InChI is InChI=1S/C20H22N2O3/c23-20(8-5-15-3-1-9-21-14-15)22-10-2-4-17(22)16-6-7-18-19(13-16)25-12-11-24-18/h1,3,6-7,9,13-14,17H,2,4-5,8,10-12H2. The van der Waals surface area contributed by atoms with E-state index in [4.69, 9.17) is 9.47 Å². The summed E-state index contributed by atoms with van der Waals surface area (Å²) in [5, 5.41) is 0. The maximum absolute atomic E-state index is 12.7. The van der Waals surface area contributed by atoms with Gasteiger partial charge in [-0.3, -0.25) is 9.78 Å². The zero-order valence-electron chi connectivity index (χ0n) is 14.2. The smallest absolute Gasteiger partial charge is 0.223 e. The highest BCUT2D eigenvalue weighted by atomic mass is 16.6. The minimum Gasteiger partial charge on any atom is -0.486 e. The lowest BCUT2D eigenvalue weighted by Crippen LogP contribution is -2.30. The molecule has 1 atom stereocenters. The van der Waals surface area contributed by atoms with Crippen LogP contribution < -0.4 is 9.47 Å². The van der Waals surface area contributed by atoms with E-state index in [1.807, 2.05) is 35.4 Å². The fourth-order valence-corrected chi connectivity index (χ4v) is 3.62. The molecule has 3 heterocycles. The zero-order valence-corrected chi connectivity index (χ0v) is 14.2. The van der Waals surface area contributed by atoms with E-state index in [1.165, 1.54) is 0 Å². The first-order chi connectivity index (χ1) is 12.3. The van der Waals surface area contributed by atoms with E-state index in [-0.39, 0.29) is 11.9 Å². The van der Waals surface area contributed by atoms with E-state index in [0.717, 1.165) is 48.4 Å². The number of carbonyl (C=O) groups excluding carboxylic acids is 1. The lowest BCUT2D eigenvalue weighted by Gasteiger charge is -2.27. The van der Waals surface area contributed by atoms with Crippen molar-refractivity contribution in [3.8, 4) is 11.5 Å². The summed E-state index contributed by atoms with van der Waals surface area (Å²) >= 11 is 0. The van der Waals surface area contributed by atoms with Crippen molar-refractivity contribution in [1.29, 1.82) is 0 Å². The Morgan fingerprint density at radius 2 is 2.08 bits per heavy atom. The van der Waals surface area contributed by atoms with Gasteiger partial charge < -0.3 is 14.4 Å². The molecule has 0 bridgehead atoms. The second kappa shape index (κ2) is 7.13. The van der Waals surface area contributed by atoms with Crippen molar-refractivity contribution in [2.45, 2.75) is 31.7 Å². The lowest BCUT2D eigenvalue weighted by atomic mass is 10.0. The Balaban J connectivity index is 1.45. The number of likely N-dealkylation sites (tertiary alicyclic amines) is 1. The van der Waals surface area contributed by atoms with Gasteiger partial charge in [-0.1, -0.05) is 12.1 Å². The maximum atomic E-state index is 12.7. The van der Waals surface area contributed by atoms with Crippen molar-refractivity contribution < 1.29 is 14.3 Å². The maximum Gasteiger partial charge on any atom is 0.223 e. The van der Waals surface area contributed by atoms with Crippen LogP contribution in [0.1, 0.15) is 36.4 Å². The second-order valence-electron chi connectivity index (χ2n) is 6.51. The van der Waals surface area contributed by atoms with Crippen molar-refractivity contribution in [3.05, 3.63) is 53.9 Å². The van der Waals surface area contributed by atoms with Crippen molar-refractivity contribution in [2.75, 3.05) is 19.8 Å². The van der Waals surface area contributed by atoms with Gasteiger partial charge in [0, 0.05) is 25.4 Å². The molecule has 0 N–H and O–H groups in total. The van der Waals surface area contributed by atoms with Crippen LogP contribution in [0.4, 0.5) is 0 Å². The predicted molar refractivity (Wildman–Crippen MR) is 93.7 cm³/mol. The Kier molecular flexibility index (Phi) is 4.55. The highest BCUT2D eigenvalue weighted by molar-refractivity contribution is 5.77. The first-order valence-corrected chi connectivity index (χ1v) is 8.89. The number of amides is 1. The molecule has 2 aliphatic heterocycles. The molecule has 25 heavy (non-hydrogen) atoms. The molecule has 0 spiro atoms. The van der Waals surface area contributed by atoms with Gasteiger partial charge in [0.1, 0.15) is 13.2 Å². The molecule has 1 aromatic carbocycles. The van der Waals surface area contributed by atoms with Crippen LogP contribution in [-0.4, -0.2) is 35.5 Å². The Morgan fingerprint density at radius 1 is 1.20 bits per heavy atom. The third-order valence-electron chi connectivity index (χ3n) is 4.87. The van der Waals surface area contributed by atoms with Crippen LogP contribution >= 0.6 is 0 Å². The Labute approximate surface area is 147 Å². The fraction of sp³-hybridized carbons (Fsp3) is 0.400. The second-order valence-corrected chi connectivity index (χ2v) is 6.51. The predicted octanol–water partition coefficient (Wildman–Crippen LogP) is 3.15. The number of carbonyl (C=O) groups is 1. The third-order valence-corrected chi connectivity index (χ3v) is 4.87. The summed E-state index contributed by atoms with van der Waals surface area (Å²) in [6.45, 7) is 1.99. The number of nitrogens with zero attached hydrogens (tertiary/aromatic N) is 2. The van der Waals surface area contributed by atoms with Crippen molar-refractivity contribution in [3.63, 3.8) is 0 Å². The lowest BCUT2D eigenvalue weighted by molar-refractivity contribution is -0.132. The molecule has 5 nitrogen and oxygen atoms in total. The van der Waals surface area contributed by atoms with Crippen LogP contribution in [0.3, 0.4) is 0 Å². The van der Waals surface area contributed by atoms with E-state index in [9.17, 15) is 4.79 Å². The van der Waals surface area contributed by atoms with Gasteiger partial charge in [-0.15, -0.1) is 0 Å². The van der Waals surface area contributed by atoms with Gasteiger partial charge in [-0.25, -0.2) is 0 Å². The van der Waals surface area contributed by atoms with Gasteiger partial charge in [0.15, 0.2) is 11.5 Å². The average Bonchev–Trinajstić information content (AvgIpc) is 3.16. The molecule has 2 aromatic rings. The largest absolute Gasteiger partial charge is 0.486 e. The van der Waals surface area contributed by atoms with Crippen LogP contribution in [0.2, 0.25) is 0 Å². The summed E-state index contributed by atoms with van der Waals surface area (Å²) in [6.07, 6.45) is 6.87. The summed E-state index contributed by atoms with van der Waals surface area (Å²) in [5.74, 6) is 1.79. The van der Waals surface area contributed by atoms with E-state index in [0.29, 0.717) is 19.6 Å². The van der Waals surface area contributed by atoms with Gasteiger partial charge in [0.25, 0.3) is 0 Å². The first-order valence-electron chi connectivity index (χ1n) is 8.89. The van der Waals surface area contributed by atoms with E-state index >= 15 is 0 Å². The number of hydrogen-bond acceptors (Lipinski definition) is 4. The van der Waals surface area contributed by atoms with Gasteiger partial charge in [0.2, 0.25) is 5.91 Å². The highest BCUT2D eigenvalue weighted by Gasteiger charge is 2.30. The highest BCUT2D eigenvalue weighted by Crippen LogP contribution is 2.38. The SMILES string of the molecule is O=C(CCc1cccnc1)N1CCCC1c1ccc2c(c1)OCCO2. The Hall–Kier alpha value is -2.56. The minimum atomic E-state index is 0.136. The number of benzene rings is 1. The number of ether oxygens (including phenoxy) is 2. The van der Waals surface area contributed by atoms with E-state index in [1.54, 1.807) is 6.20 Å². The number of hydrogen-bond donors (Lipinski definition) is 0. The molecule has 0 radical (unpaired) electrons.